The molecule has 8 heteroatoms. The highest BCUT2D eigenvalue weighted by atomic mass is 127. The predicted molar refractivity (Wildman–Crippen MR) is 115 cm³/mol. The van der Waals surface area contributed by atoms with Crippen LogP contribution in [0, 0.1) is 5.82 Å². The van der Waals surface area contributed by atoms with Gasteiger partial charge in [0.15, 0.2) is 11.1 Å². The standard InChI is InChI=1S/C17H24FN5S.HI/c1-4-19-16(20-10-9-13-5-7-14(18)8-6-13)21-11-15-12-24-17(22-15)23(2)3;/h5-8,12H,4,9-11H2,1-3H3,(H2,19,20,21);1H. The van der Waals surface area contributed by atoms with Crippen molar-refractivity contribution in [3.05, 3.63) is 46.7 Å². The van der Waals surface area contributed by atoms with Gasteiger partial charge in [-0.1, -0.05) is 12.1 Å². The molecule has 5 nitrogen and oxygen atoms in total. The lowest BCUT2D eigenvalue weighted by Crippen LogP contribution is -2.38. The average molecular weight is 477 g/mol. The summed E-state index contributed by atoms with van der Waals surface area (Å²) in [5, 5.41) is 9.53. The fraction of sp³-hybridized carbons (Fsp3) is 0.412. The summed E-state index contributed by atoms with van der Waals surface area (Å²) in [7, 11) is 3.96. The second-order valence-corrected chi connectivity index (χ2v) is 6.35. The van der Waals surface area contributed by atoms with Gasteiger partial charge in [-0.3, -0.25) is 0 Å². The second kappa shape index (κ2) is 11.2. The second-order valence-electron chi connectivity index (χ2n) is 5.51. The van der Waals surface area contributed by atoms with Crippen LogP contribution in [0.25, 0.3) is 0 Å². The molecule has 0 fully saturated rings. The summed E-state index contributed by atoms with van der Waals surface area (Å²) in [6, 6.07) is 6.58. The first kappa shape index (κ1) is 21.6. The molecular formula is C17H25FIN5S. The van der Waals surface area contributed by atoms with E-state index in [2.05, 4.69) is 20.6 Å². The number of hydrogen-bond acceptors (Lipinski definition) is 4. The van der Waals surface area contributed by atoms with Crippen molar-refractivity contribution in [3.63, 3.8) is 0 Å². The predicted octanol–water partition coefficient (Wildman–Crippen LogP) is 3.26. The molecule has 2 aromatic rings. The van der Waals surface area contributed by atoms with Crippen LogP contribution in [0.15, 0.2) is 34.6 Å². The van der Waals surface area contributed by atoms with Crippen LogP contribution in [-0.4, -0.2) is 38.1 Å². The zero-order valence-electron chi connectivity index (χ0n) is 14.8. The van der Waals surface area contributed by atoms with Gasteiger partial charge >= 0.3 is 0 Å². The van der Waals surface area contributed by atoms with Gasteiger partial charge in [-0.05, 0) is 31.0 Å². The summed E-state index contributed by atoms with van der Waals surface area (Å²) >= 11 is 1.61. The summed E-state index contributed by atoms with van der Waals surface area (Å²) in [5.41, 5.74) is 2.05. The smallest absolute Gasteiger partial charge is 0.191 e. The van der Waals surface area contributed by atoms with Gasteiger partial charge in [-0.25, -0.2) is 14.4 Å². The minimum Gasteiger partial charge on any atom is -0.357 e. The number of benzene rings is 1. The lowest BCUT2D eigenvalue weighted by atomic mass is 10.1. The molecule has 0 aliphatic heterocycles. The number of hydrogen-bond donors (Lipinski definition) is 2. The molecule has 0 amide bonds. The lowest BCUT2D eigenvalue weighted by Gasteiger charge is -2.11. The highest BCUT2D eigenvalue weighted by Crippen LogP contribution is 2.18. The Morgan fingerprint density at radius 1 is 1.24 bits per heavy atom. The molecule has 1 aromatic carbocycles. The van der Waals surface area contributed by atoms with E-state index in [1.165, 1.54) is 12.1 Å². The summed E-state index contributed by atoms with van der Waals surface area (Å²) in [4.78, 5) is 11.1. The summed E-state index contributed by atoms with van der Waals surface area (Å²) in [6.45, 7) is 4.10. The molecule has 2 rings (SSSR count). The summed E-state index contributed by atoms with van der Waals surface area (Å²) in [5.74, 6) is 0.556. The van der Waals surface area contributed by atoms with E-state index in [1.807, 2.05) is 31.3 Å². The molecule has 0 radical (unpaired) electrons. The molecule has 0 spiro atoms. The van der Waals surface area contributed by atoms with Crippen molar-refractivity contribution in [2.24, 2.45) is 4.99 Å². The molecule has 0 unspecified atom stereocenters. The van der Waals surface area contributed by atoms with Crippen LogP contribution in [0.1, 0.15) is 18.2 Å². The third-order valence-corrected chi connectivity index (χ3v) is 4.34. The van der Waals surface area contributed by atoms with Crippen molar-refractivity contribution in [2.45, 2.75) is 19.9 Å². The zero-order chi connectivity index (χ0) is 17.4. The molecule has 0 atom stereocenters. The number of guanidine groups is 1. The maximum absolute atomic E-state index is 12.9. The monoisotopic (exact) mass is 477 g/mol. The average Bonchev–Trinajstić information content (AvgIpc) is 3.04. The zero-order valence-corrected chi connectivity index (χ0v) is 17.9. The number of aliphatic imine (C=N–C) groups is 1. The van der Waals surface area contributed by atoms with E-state index < -0.39 is 0 Å². The Bertz CT molecular complexity index is 657. The van der Waals surface area contributed by atoms with Crippen LogP contribution in [-0.2, 0) is 13.0 Å². The summed E-state index contributed by atoms with van der Waals surface area (Å²) < 4.78 is 12.9. The molecule has 0 saturated carbocycles. The third kappa shape index (κ3) is 7.55. The summed E-state index contributed by atoms with van der Waals surface area (Å²) in [6.07, 6.45) is 0.812. The van der Waals surface area contributed by atoms with E-state index in [4.69, 9.17) is 0 Å². The molecule has 25 heavy (non-hydrogen) atoms. The Labute approximate surface area is 169 Å². The van der Waals surface area contributed by atoms with Crippen molar-refractivity contribution in [3.8, 4) is 0 Å². The first-order valence-electron chi connectivity index (χ1n) is 7.97. The van der Waals surface area contributed by atoms with E-state index in [9.17, 15) is 4.39 Å². The van der Waals surface area contributed by atoms with Crippen LogP contribution in [0.3, 0.4) is 0 Å². The number of aromatic nitrogens is 1. The normalized spacial score (nSPS) is 11.0. The molecule has 0 aliphatic rings. The Morgan fingerprint density at radius 2 is 1.96 bits per heavy atom. The fourth-order valence-electron chi connectivity index (χ4n) is 2.05. The van der Waals surface area contributed by atoms with E-state index in [0.717, 1.165) is 41.9 Å². The number of halogens is 2. The van der Waals surface area contributed by atoms with Gasteiger partial charge in [0, 0.05) is 32.6 Å². The van der Waals surface area contributed by atoms with Gasteiger partial charge in [0.2, 0.25) is 0 Å². The molecule has 2 N–H and O–H groups in total. The maximum Gasteiger partial charge on any atom is 0.191 e. The van der Waals surface area contributed by atoms with Crippen LogP contribution in [0.5, 0.6) is 0 Å². The minimum atomic E-state index is -0.207. The third-order valence-electron chi connectivity index (χ3n) is 3.28. The van der Waals surface area contributed by atoms with Gasteiger partial charge in [0.1, 0.15) is 5.82 Å². The number of thiazole rings is 1. The Kier molecular flexibility index (Phi) is 9.73. The van der Waals surface area contributed by atoms with Crippen LogP contribution in [0.4, 0.5) is 9.52 Å². The maximum atomic E-state index is 12.9. The number of nitrogens with zero attached hydrogens (tertiary/aromatic N) is 3. The minimum absolute atomic E-state index is 0. The molecule has 1 heterocycles. The molecule has 138 valence electrons. The van der Waals surface area contributed by atoms with Crippen molar-refractivity contribution in [2.75, 3.05) is 32.1 Å². The van der Waals surface area contributed by atoms with Crippen molar-refractivity contribution in [1.82, 2.24) is 15.6 Å². The SMILES string of the molecule is CCNC(=NCc1csc(N(C)C)n1)NCCc1ccc(F)cc1.I. The van der Waals surface area contributed by atoms with Crippen LogP contribution < -0.4 is 15.5 Å². The largest absolute Gasteiger partial charge is 0.357 e. The highest BCUT2D eigenvalue weighted by Gasteiger charge is 2.04. The van der Waals surface area contributed by atoms with Gasteiger partial charge in [-0.15, -0.1) is 35.3 Å². The van der Waals surface area contributed by atoms with Crippen LogP contribution >= 0.6 is 35.3 Å². The number of nitrogens with one attached hydrogen (secondary N) is 2. The van der Waals surface area contributed by atoms with Gasteiger partial charge in [-0.2, -0.15) is 0 Å². The topological polar surface area (TPSA) is 52.6 Å². The molecule has 0 saturated heterocycles. The lowest BCUT2D eigenvalue weighted by molar-refractivity contribution is 0.626. The first-order valence-corrected chi connectivity index (χ1v) is 8.84. The first-order chi connectivity index (χ1) is 11.6. The highest BCUT2D eigenvalue weighted by molar-refractivity contribution is 14.0. The molecule has 0 bridgehead atoms. The van der Waals surface area contributed by atoms with Crippen LogP contribution in [0.2, 0.25) is 0 Å². The molecular weight excluding hydrogens is 452 g/mol. The quantitative estimate of drug-likeness (QED) is 0.365. The van der Waals surface area contributed by atoms with Crippen molar-refractivity contribution >= 4 is 46.4 Å². The fourth-order valence-corrected chi connectivity index (χ4v) is 2.80. The van der Waals surface area contributed by atoms with E-state index in [-0.39, 0.29) is 29.8 Å². The Morgan fingerprint density at radius 3 is 2.56 bits per heavy atom. The Balaban J connectivity index is 0.00000312. The number of anilines is 1. The van der Waals surface area contributed by atoms with Gasteiger partial charge in [0.05, 0.1) is 12.2 Å². The van der Waals surface area contributed by atoms with Gasteiger partial charge < -0.3 is 15.5 Å². The Hall–Kier alpha value is -1.42. The van der Waals surface area contributed by atoms with Crippen molar-refractivity contribution < 1.29 is 4.39 Å². The van der Waals surface area contributed by atoms with E-state index >= 15 is 0 Å². The van der Waals surface area contributed by atoms with Gasteiger partial charge in [0.25, 0.3) is 0 Å². The van der Waals surface area contributed by atoms with Crippen molar-refractivity contribution in [1.29, 1.82) is 0 Å². The van der Waals surface area contributed by atoms with E-state index in [0.29, 0.717) is 6.54 Å². The molecule has 1 aromatic heterocycles. The number of rotatable bonds is 7. The molecule has 0 aliphatic carbocycles. The van der Waals surface area contributed by atoms with E-state index in [1.54, 1.807) is 23.5 Å².